The predicted molar refractivity (Wildman–Crippen MR) is 124 cm³/mol. The number of hydrogen-bond acceptors (Lipinski definition) is 5. The van der Waals surface area contributed by atoms with Gasteiger partial charge in [0, 0.05) is 24.3 Å². The van der Waals surface area contributed by atoms with Crippen molar-refractivity contribution in [3.8, 4) is 5.75 Å². The minimum atomic E-state index is -3.67. The van der Waals surface area contributed by atoms with Crippen LogP contribution in [0.3, 0.4) is 0 Å². The highest BCUT2D eigenvalue weighted by Crippen LogP contribution is 2.58. The zero-order chi connectivity index (χ0) is 23.6. The molecule has 3 rings (SSSR count). The molecule has 1 aromatic carbocycles. The van der Waals surface area contributed by atoms with Gasteiger partial charge in [0.1, 0.15) is 11.5 Å². The number of phenolic OH excluding ortho intramolecular Hbond substituents is 1. The number of likely N-dealkylation sites (tertiary alicyclic amines) is 1. The maximum atomic E-state index is 12.5. The minimum absolute atomic E-state index is 0.00876. The van der Waals surface area contributed by atoms with E-state index < -0.39 is 10.1 Å². The average Bonchev–Trinajstić information content (AvgIpc) is 2.64. The van der Waals surface area contributed by atoms with Crippen LogP contribution < -0.4 is 0 Å². The molecule has 1 aromatic rings. The van der Waals surface area contributed by atoms with Crippen LogP contribution in [0.15, 0.2) is 18.2 Å². The molecule has 1 heterocycles. The zero-order valence-corrected chi connectivity index (χ0v) is 20.6. The Kier molecular flexibility index (Phi) is 7.99. The summed E-state index contributed by atoms with van der Waals surface area (Å²) in [6.45, 7) is 10.2. The van der Waals surface area contributed by atoms with Crippen LogP contribution in [0.1, 0.15) is 70.9 Å². The van der Waals surface area contributed by atoms with E-state index in [4.69, 9.17) is 4.55 Å². The van der Waals surface area contributed by atoms with Crippen LogP contribution in [0.25, 0.3) is 0 Å². The zero-order valence-electron chi connectivity index (χ0n) is 19.8. The van der Waals surface area contributed by atoms with E-state index in [9.17, 15) is 18.3 Å². The van der Waals surface area contributed by atoms with E-state index in [2.05, 4.69) is 45.7 Å². The third kappa shape index (κ3) is 6.08. The van der Waals surface area contributed by atoms with Gasteiger partial charge in [-0.15, -0.1) is 0 Å². The molecule has 2 N–H and O–H groups in total. The first-order chi connectivity index (χ1) is 14.2. The van der Waals surface area contributed by atoms with Crippen LogP contribution in [0, 0.1) is 11.3 Å². The van der Waals surface area contributed by atoms with E-state index in [1.165, 1.54) is 11.1 Å². The Bertz CT molecular complexity index is 889. The van der Waals surface area contributed by atoms with Crippen LogP contribution in [-0.4, -0.2) is 54.7 Å². The summed E-state index contributed by atoms with van der Waals surface area (Å²) in [5, 5.41) is 10.1. The van der Waals surface area contributed by atoms with Gasteiger partial charge in [-0.05, 0) is 73.9 Å². The maximum Gasteiger partial charge on any atom is 0.261 e. The Labute approximate surface area is 187 Å². The topological polar surface area (TPSA) is 94.9 Å². The van der Waals surface area contributed by atoms with Crippen LogP contribution >= 0.6 is 0 Å². The van der Waals surface area contributed by atoms with Crippen molar-refractivity contribution >= 4 is 15.9 Å². The number of likely N-dealkylation sites (N-methyl/N-ethyl adjacent to an activating group) is 1. The van der Waals surface area contributed by atoms with Gasteiger partial charge in [-0.2, -0.15) is 8.42 Å². The number of hydrogen-bond donors (Lipinski definition) is 2. The van der Waals surface area contributed by atoms with Crippen LogP contribution in [0.4, 0.5) is 0 Å². The number of fused-ring (bicyclic) bond motifs is 4. The molecule has 0 saturated carbocycles. The van der Waals surface area contributed by atoms with Crippen molar-refractivity contribution in [2.45, 2.75) is 77.7 Å². The van der Waals surface area contributed by atoms with E-state index in [1.807, 2.05) is 12.1 Å². The van der Waals surface area contributed by atoms with Crippen LogP contribution in [0.5, 0.6) is 5.75 Å². The lowest BCUT2D eigenvalue weighted by molar-refractivity contribution is -0.121. The molecular formula is C24H39NO5S. The number of carbonyl (C=O) groups excluding carboxylic acids is 1. The van der Waals surface area contributed by atoms with Gasteiger partial charge in [0.25, 0.3) is 10.1 Å². The average molecular weight is 454 g/mol. The highest BCUT2D eigenvalue weighted by Gasteiger charge is 2.57. The highest BCUT2D eigenvalue weighted by molar-refractivity contribution is 7.85. The third-order valence-electron chi connectivity index (χ3n) is 7.52. The Morgan fingerprint density at radius 3 is 2.45 bits per heavy atom. The lowest BCUT2D eigenvalue weighted by Crippen LogP contribution is -2.64. The molecule has 0 aromatic heterocycles. The number of ketones is 1. The monoisotopic (exact) mass is 453 g/mol. The second kappa shape index (κ2) is 9.59. The number of aromatic hydroxyl groups is 1. The molecule has 0 unspecified atom stereocenters. The number of carbonyl (C=O) groups is 1. The quantitative estimate of drug-likeness (QED) is 0.627. The highest BCUT2D eigenvalue weighted by atomic mass is 32.2. The summed E-state index contributed by atoms with van der Waals surface area (Å²) >= 11 is 0. The van der Waals surface area contributed by atoms with Crippen molar-refractivity contribution in [3.63, 3.8) is 0 Å². The molecule has 7 heteroatoms. The summed E-state index contributed by atoms with van der Waals surface area (Å²) in [7, 11) is -1.44. The van der Waals surface area contributed by atoms with Crippen LogP contribution in [0.2, 0.25) is 0 Å². The van der Waals surface area contributed by atoms with Gasteiger partial charge in [0.2, 0.25) is 0 Å². The first-order valence-electron chi connectivity index (χ1n) is 11.1. The van der Waals surface area contributed by atoms with E-state index >= 15 is 0 Å². The number of rotatable bonds is 6. The SMILES string of the molecule is CC(C)CCC(=O)CC[C@]1(C)[C@H]2Cc3ccc(O)cc3[C@]1(C)CCN2C.CS(=O)(=O)O. The first-order valence-corrected chi connectivity index (χ1v) is 13.0. The molecule has 1 aliphatic carbocycles. The summed E-state index contributed by atoms with van der Waals surface area (Å²) in [6.07, 6.45) is 6.12. The van der Waals surface area contributed by atoms with Crippen molar-refractivity contribution in [3.05, 3.63) is 29.3 Å². The molecule has 176 valence electrons. The molecular weight excluding hydrogens is 414 g/mol. The van der Waals surface area contributed by atoms with E-state index in [0.29, 0.717) is 42.6 Å². The van der Waals surface area contributed by atoms with Gasteiger partial charge in [-0.3, -0.25) is 9.35 Å². The summed E-state index contributed by atoms with van der Waals surface area (Å²) in [5.74, 6) is 1.35. The number of piperidine rings is 1. The molecule has 2 bridgehead atoms. The smallest absolute Gasteiger partial charge is 0.261 e. The fourth-order valence-electron chi connectivity index (χ4n) is 5.40. The van der Waals surface area contributed by atoms with Gasteiger partial charge in [0.15, 0.2) is 0 Å². The fraction of sp³-hybridized carbons (Fsp3) is 0.708. The molecule has 0 amide bonds. The Morgan fingerprint density at radius 1 is 1.26 bits per heavy atom. The van der Waals surface area contributed by atoms with E-state index in [0.717, 1.165) is 32.2 Å². The van der Waals surface area contributed by atoms with Crippen molar-refractivity contribution < 1.29 is 22.9 Å². The van der Waals surface area contributed by atoms with Gasteiger partial charge in [0.05, 0.1) is 6.26 Å². The molecule has 6 nitrogen and oxygen atoms in total. The number of nitrogens with zero attached hydrogens (tertiary/aromatic N) is 1. The van der Waals surface area contributed by atoms with Crippen molar-refractivity contribution in [1.82, 2.24) is 4.90 Å². The minimum Gasteiger partial charge on any atom is -0.508 e. The normalized spacial score (nSPS) is 27.9. The summed E-state index contributed by atoms with van der Waals surface area (Å²) < 4.78 is 25.9. The molecule has 3 atom stereocenters. The molecule has 31 heavy (non-hydrogen) atoms. The van der Waals surface area contributed by atoms with E-state index in [-0.39, 0.29) is 10.8 Å². The summed E-state index contributed by atoms with van der Waals surface area (Å²) in [4.78, 5) is 15.0. The second-order valence-electron chi connectivity index (χ2n) is 10.2. The van der Waals surface area contributed by atoms with E-state index in [1.54, 1.807) is 0 Å². The molecule has 1 aliphatic heterocycles. The van der Waals surface area contributed by atoms with Gasteiger partial charge >= 0.3 is 0 Å². The predicted octanol–water partition coefficient (Wildman–Crippen LogP) is 4.21. The first kappa shape index (κ1) is 25.8. The largest absolute Gasteiger partial charge is 0.508 e. The Balaban J connectivity index is 0.000000614. The van der Waals surface area contributed by atoms with Gasteiger partial charge < -0.3 is 10.0 Å². The van der Waals surface area contributed by atoms with Gasteiger partial charge in [-0.1, -0.05) is 33.8 Å². The van der Waals surface area contributed by atoms with Crippen LogP contribution in [-0.2, 0) is 26.7 Å². The molecule has 0 spiro atoms. The third-order valence-corrected chi connectivity index (χ3v) is 7.52. The lowest BCUT2D eigenvalue weighted by atomic mass is 9.49. The van der Waals surface area contributed by atoms with Gasteiger partial charge in [-0.25, -0.2) is 0 Å². The maximum absolute atomic E-state index is 12.5. The summed E-state index contributed by atoms with van der Waals surface area (Å²) in [6, 6.07) is 6.35. The molecule has 1 saturated heterocycles. The van der Waals surface area contributed by atoms with Crippen molar-refractivity contribution in [2.24, 2.45) is 11.3 Å². The number of benzene rings is 1. The standard InChI is InChI=1S/C23H35NO2.CH4O3S/c1-16(2)6-8-18(25)10-11-23(4)21-14-17-7-9-19(26)15-20(17)22(23,3)12-13-24(21)5;1-5(2,3)4/h7,9,15-16,21,26H,6,8,10-14H2,1-5H3;1H3,(H,2,3,4)/t21-,22+,23-;/m1./s1. The Hall–Kier alpha value is -1.44. The fourth-order valence-corrected chi connectivity index (χ4v) is 5.40. The van der Waals surface area contributed by atoms with Crippen molar-refractivity contribution in [1.29, 1.82) is 0 Å². The molecule has 0 radical (unpaired) electrons. The molecule has 1 fully saturated rings. The second-order valence-corrected chi connectivity index (χ2v) is 11.7. The molecule has 2 aliphatic rings. The summed E-state index contributed by atoms with van der Waals surface area (Å²) in [5.41, 5.74) is 2.73. The Morgan fingerprint density at radius 2 is 1.87 bits per heavy atom. The number of Topliss-reactive ketones (excluding diaryl/α,β-unsaturated/α-hetero) is 1. The van der Waals surface area contributed by atoms with Crippen molar-refractivity contribution in [2.75, 3.05) is 19.8 Å². The lowest BCUT2D eigenvalue weighted by Gasteiger charge is -2.62. The number of phenols is 1.